The van der Waals surface area contributed by atoms with Crippen LogP contribution in [-0.2, 0) is 14.4 Å². The van der Waals surface area contributed by atoms with Gasteiger partial charge in [-0.25, -0.2) is 0 Å². The summed E-state index contributed by atoms with van der Waals surface area (Å²) in [5.41, 5.74) is 0.257. The van der Waals surface area contributed by atoms with Crippen LogP contribution in [0, 0.1) is 46.3 Å². The van der Waals surface area contributed by atoms with Crippen LogP contribution in [0.3, 0.4) is 0 Å². The molecule has 0 saturated heterocycles. The molecule has 4 saturated carbocycles. The summed E-state index contributed by atoms with van der Waals surface area (Å²) in [6.07, 6.45) is 8.69. The normalized spacial score (nSPS) is 39.6. The SMILES string of the molecule is CC[C@H](NC(=O)C[C@@H](C)C1CC[C@H]2C3C(=O)CC4CC(=O)CCC4(C)[C@H]3CCC12C)c1ccc(Cl)s1. The van der Waals surface area contributed by atoms with Crippen LogP contribution in [0.5, 0.6) is 0 Å². The summed E-state index contributed by atoms with van der Waals surface area (Å²) in [5.74, 6) is 2.91. The maximum atomic E-state index is 13.6. The monoisotopic (exact) mass is 531 g/mol. The zero-order valence-corrected chi connectivity index (χ0v) is 23.9. The first-order chi connectivity index (χ1) is 17.1. The highest BCUT2D eigenvalue weighted by Gasteiger charge is 2.63. The molecule has 4 aliphatic carbocycles. The third kappa shape index (κ3) is 4.40. The Morgan fingerprint density at radius 3 is 2.56 bits per heavy atom. The van der Waals surface area contributed by atoms with Gasteiger partial charge in [0.2, 0.25) is 5.91 Å². The van der Waals surface area contributed by atoms with Crippen molar-refractivity contribution in [3.8, 4) is 0 Å². The fourth-order valence-corrected chi connectivity index (χ4v) is 10.5. The Labute approximate surface area is 225 Å². The number of hydrogen-bond acceptors (Lipinski definition) is 4. The zero-order chi connectivity index (χ0) is 25.8. The third-order valence-electron chi connectivity index (χ3n) is 11.2. The molecule has 36 heavy (non-hydrogen) atoms. The summed E-state index contributed by atoms with van der Waals surface area (Å²) >= 11 is 7.67. The Hall–Kier alpha value is -1.20. The van der Waals surface area contributed by atoms with Crippen molar-refractivity contribution in [3.63, 3.8) is 0 Å². The number of ketones is 2. The number of nitrogens with one attached hydrogen (secondary N) is 1. The topological polar surface area (TPSA) is 63.2 Å². The molecule has 9 atom stereocenters. The summed E-state index contributed by atoms with van der Waals surface area (Å²) in [7, 11) is 0. The second kappa shape index (κ2) is 9.84. The van der Waals surface area contributed by atoms with Crippen molar-refractivity contribution in [2.45, 2.75) is 97.9 Å². The van der Waals surface area contributed by atoms with Crippen LogP contribution in [0.25, 0.3) is 0 Å². The molecule has 1 heterocycles. The van der Waals surface area contributed by atoms with Crippen molar-refractivity contribution >= 4 is 40.4 Å². The standard InChI is InChI=1S/C30H42ClNO3S/c1-5-23(25-8-9-26(31)36-25)32-27(35)14-17(2)20-6-7-21-28-22(11-13-30(20,21)4)29(3)12-10-19(33)15-18(29)16-24(28)34/h8-9,17-18,20-23,28H,5-7,10-16H2,1-4H3,(H,32,35)/t17-,18?,20?,21+,22+,23+,28?,29?,30?/m1/s1. The van der Waals surface area contributed by atoms with E-state index >= 15 is 0 Å². The molecule has 1 aromatic heterocycles. The number of carbonyl (C=O) groups excluding carboxylic acids is 3. The molecule has 0 aliphatic heterocycles. The maximum absolute atomic E-state index is 13.6. The number of thiophene rings is 1. The second-order valence-corrected chi connectivity index (χ2v) is 14.7. The van der Waals surface area contributed by atoms with Crippen molar-refractivity contribution in [2.75, 3.05) is 0 Å². The van der Waals surface area contributed by atoms with Crippen LogP contribution in [0.4, 0.5) is 0 Å². The maximum Gasteiger partial charge on any atom is 0.220 e. The van der Waals surface area contributed by atoms with E-state index in [2.05, 4.69) is 33.0 Å². The van der Waals surface area contributed by atoms with Crippen LogP contribution >= 0.6 is 22.9 Å². The second-order valence-electron chi connectivity index (χ2n) is 12.9. The van der Waals surface area contributed by atoms with Crippen molar-refractivity contribution in [3.05, 3.63) is 21.3 Å². The molecule has 0 aromatic carbocycles. The number of halogens is 1. The quantitative estimate of drug-likeness (QED) is 0.416. The zero-order valence-electron chi connectivity index (χ0n) is 22.3. The van der Waals surface area contributed by atoms with Crippen LogP contribution in [0.1, 0.15) is 103 Å². The number of fused-ring (bicyclic) bond motifs is 5. The fourth-order valence-electron chi connectivity index (χ4n) is 9.28. The first-order valence-electron chi connectivity index (χ1n) is 14.2. The molecule has 0 radical (unpaired) electrons. The molecule has 1 aromatic rings. The molecule has 0 spiro atoms. The Morgan fingerprint density at radius 2 is 1.86 bits per heavy atom. The fraction of sp³-hybridized carbons (Fsp3) is 0.767. The van der Waals surface area contributed by atoms with E-state index in [1.807, 2.05) is 12.1 Å². The number of carbonyl (C=O) groups is 3. The van der Waals surface area contributed by atoms with E-state index in [0.717, 1.165) is 47.7 Å². The highest BCUT2D eigenvalue weighted by atomic mass is 35.5. The minimum atomic E-state index is 0.0143. The first-order valence-corrected chi connectivity index (χ1v) is 15.3. The van der Waals surface area contributed by atoms with Gasteiger partial charge >= 0.3 is 0 Å². The predicted octanol–water partition coefficient (Wildman–Crippen LogP) is 7.40. The average Bonchev–Trinajstić information content (AvgIpc) is 3.41. The summed E-state index contributed by atoms with van der Waals surface area (Å²) in [6.45, 7) is 9.16. The summed E-state index contributed by atoms with van der Waals surface area (Å²) in [4.78, 5) is 40.0. The summed E-state index contributed by atoms with van der Waals surface area (Å²) in [6, 6.07) is 3.93. The average molecular weight is 532 g/mol. The third-order valence-corrected chi connectivity index (χ3v) is 12.6. The predicted molar refractivity (Wildman–Crippen MR) is 145 cm³/mol. The van der Waals surface area contributed by atoms with Gasteiger partial charge in [-0.05, 0) is 91.1 Å². The van der Waals surface area contributed by atoms with E-state index in [4.69, 9.17) is 11.6 Å². The molecule has 6 heteroatoms. The van der Waals surface area contributed by atoms with Crippen LogP contribution in [-0.4, -0.2) is 17.5 Å². The molecule has 4 nitrogen and oxygen atoms in total. The van der Waals surface area contributed by atoms with Gasteiger partial charge in [0.25, 0.3) is 0 Å². The summed E-state index contributed by atoms with van der Waals surface area (Å²) in [5, 5.41) is 3.26. The Kier molecular flexibility index (Phi) is 7.22. The van der Waals surface area contributed by atoms with Crippen molar-refractivity contribution < 1.29 is 14.4 Å². The van der Waals surface area contributed by atoms with Gasteiger partial charge in [-0.3, -0.25) is 14.4 Å². The minimum Gasteiger partial charge on any atom is -0.348 e. The highest BCUT2D eigenvalue weighted by molar-refractivity contribution is 7.16. The lowest BCUT2D eigenvalue weighted by Crippen LogP contribution is -2.57. The molecule has 1 N–H and O–H groups in total. The number of Topliss-reactive ketones (excluding diaryl/α,β-unsaturated/α-hetero) is 2. The van der Waals surface area contributed by atoms with Crippen molar-refractivity contribution in [2.24, 2.45) is 46.3 Å². The van der Waals surface area contributed by atoms with E-state index in [9.17, 15) is 14.4 Å². The van der Waals surface area contributed by atoms with Crippen LogP contribution in [0.15, 0.2) is 12.1 Å². The van der Waals surface area contributed by atoms with E-state index < -0.39 is 0 Å². The smallest absolute Gasteiger partial charge is 0.220 e. The van der Waals surface area contributed by atoms with Crippen molar-refractivity contribution in [1.29, 1.82) is 0 Å². The first kappa shape index (κ1) is 26.4. The lowest BCUT2D eigenvalue weighted by Gasteiger charge is -2.59. The Bertz CT molecular complexity index is 1040. The van der Waals surface area contributed by atoms with Gasteiger partial charge in [0.1, 0.15) is 11.6 Å². The largest absolute Gasteiger partial charge is 0.348 e. The van der Waals surface area contributed by atoms with Crippen LogP contribution in [0.2, 0.25) is 4.34 Å². The molecule has 0 bridgehead atoms. The number of hydrogen-bond donors (Lipinski definition) is 1. The molecule has 198 valence electrons. The van der Waals surface area contributed by atoms with Gasteiger partial charge < -0.3 is 5.32 Å². The molecule has 5 rings (SSSR count). The van der Waals surface area contributed by atoms with Gasteiger partial charge in [0.15, 0.2) is 0 Å². The van der Waals surface area contributed by atoms with Gasteiger partial charge in [-0.2, -0.15) is 0 Å². The molecular weight excluding hydrogens is 490 g/mol. The Morgan fingerprint density at radius 1 is 1.11 bits per heavy atom. The lowest BCUT2D eigenvalue weighted by atomic mass is 9.44. The molecular formula is C30H42ClNO3S. The van der Waals surface area contributed by atoms with E-state index in [1.54, 1.807) is 0 Å². The van der Waals surface area contributed by atoms with Gasteiger partial charge in [-0.1, -0.05) is 39.3 Å². The van der Waals surface area contributed by atoms with Crippen molar-refractivity contribution in [1.82, 2.24) is 5.32 Å². The van der Waals surface area contributed by atoms with E-state index in [0.29, 0.717) is 55.0 Å². The molecule has 1 amide bonds. The van der Waals surface area contributed by atoms with Gasteiger partial charge in [-0.15, -0.1) is 11.3 Å². The molecule has 5 unspecified atom stereocenters. The molecule has 4 fully saturated rings. The van der Waals surface area contributed by atoms with Crippen LogP contribution < -0.4 is 5.32 Å². The van der Waals surface area contributed by atoms with E-state index in [-0.39, 0.29) is 40.5 Å². The van der Waals surface area contributed by atoms with E-state index in [1.165, 1.54) is 11.3 Å². The lowest BCUT2D eigenvalue weighted by molar-refractivity contribution is -0.159. The number of rotatable bonds is 6. The van der Waals surface area contributed by atoms with Gasteiger partial charge in [0.05, 0.1) is 10.4 Å². The number of amides is 1. The Balaban J connectivity index is 1.28. The minimum absolute atomic E-state index is 0.0143. The highest BCUT2D eigenvalue weighted by Crippen LogP contribution is 2.67. The van der Waals surface area contributed by atoms with Gasteiger partial charge in [0, 0.05) is 36.5 Å². The molecule has 4 aliphatic rings. The summed E-state index contributed by atoms with van der Waals surface area (Å²) < 4.78 is 0.754.